The molecule has 0 bridgehead atoms. The average Bonchev–Trinajstić information content (AvgIpc) is 2.92. The maximum Gasteiger partial charge on any atom is 0.322 e. The Kier molecular flexibility index (Phi) is 8.02. The number of urea groups is 1. The molecule has 0 heterocycles. The number of amides is 2. The van der Waals surface area contributed by atoms with Crippen LogP contribution in [-0.4, -0.2) is 18.0 Å². The molecule has 2 amide bonds. The van der Waals surface area contributed by atoms with Gasteiger partial charge in [0.2, 0.25) is 0 Å². The number of nitrogens with zero attached hydrogens (tertiary/aromatic N) is 1. The fourth-order valence-corrected chi connectivity index (χ4v) is 3.86. The molecule has 4 aromatic rings. The third-order valence-corrected chi connectivity index (χ3v) is 5.88. The van der Waals surface area contributed by atoms with E-state index in [1.54, 1.807) is 7.11 Å². The Bertz CT molecular complexity index is 1210. The minimum absolute atomic E-state index is 0.139. The van der Waals surface area contributed by atoms with Gasteiger partial charge < -0.3 is 19.7 Å². The smallest absolute Gasteiger partial charge is 0.322 e. The van der Waals surface area contributed by atoms with Gasteiger partial charge in [0, 0.05) is 6.54 Å². The van der Waals surface area contributed by atoms with E-state index in [2.05, 4.69) is 5.32 Å². The Morgan fingerprint density at radius 3 is 2.11 bits per heavy atom. The highest BCUT2D eigenvalue weighted by molar-refractivity contribution is 5.91. The molecule has 4 rings (SSSR count). The molecule has 178 valence electrons. The van der Waals surface area contributed by atoms with E-state index in [1.807, 2.05) is 121 Å². The Morgan fingerprint density at radius 2 is 1.43 bits per heavy atom. The second-order valence-electron chi connectivity index (χ2n) is 8.26. The van der Waals surface area contributed by atoms with Crippen LogP contribution in [0.25, 0.3) is 0 Å². The molecule has 35 heavy (non-hydrogen) atoms. The lowest BCUT2D eigenvalue weighted by atomic mass is 10.1. The van der Waals surface area contributed by atoms with Crippen LogP contribution in [0.1, 0.15) is 29.7 Å². The summed E-state index contributed by atoms with van der Waals surface area (Å²) in [6, 6.07) is 35.1. The van der Waals surface area contributed by atoms with E-state index in [4.69, 9.17) is 9.47 Å². The Morgan fingerprint density at radius 1 is 0.800 bits per heavy atom. The topological polar surface area (TPSA) is 50.8 Å². The van der Waals surface area contributed by atoms with Crippen molar-refractivity contribution in [1.29, 1.82) is 0 Å². The van der Waals surface area contributed by atoms with Gasteiger partial charge >= 0.3 is 6.03 Å². The SMILES string of the molecule is COc1ccccc1NC(=O)N(Cc1ccc(OCc2ccccc2)cc1)C(C)c1ccccc1. The van der Waals surface area contributed by atoms with Crippen molar-refractivity contribution in [3.8, 4) is 11.5 Å². The molecule has 1 N–H and O–H groups in total. The van der Waals surface area contributed by atoms with E-state index in [1.165, 1.54) is 0 Å². The van der Waals surface area contributed by atoms with Gasteiger partial charge in [-0.15, -0.1) is 0 Å². The zero-order chi connectivity index (χ0) is 24.5. The molecule has 0 aliphatic carbocycles. The second-order valence-corrected chi connectivity index (χ2v) is 8.26. The lowest BCUT2D eigenvalue weighted by Gasteiger charge is -2.30. The molecule has 0 radical (unpaired) electrons. The largest absolute Gasteiger partial charge is 0.495 e. The van der Waals surface area contributed by atoms with Gasteiger partial charge in [0.15, 0.2) is 0 Å². The number of hydrogen-bond donors (Lipinski definition) is 1. The highest BCUT2D eigenvalue weighted by Gasteiger charge is 2.23. The van der Waals surface area contributed by atoms with E-state index in [0.29, 0.717) is 24.6 Å². The molecule has 5 heteroatoms. The van der Waals surface area contributed by atoms with Gasteiger partial charge in [0.1, 0.15) is 18.1 Å². The normalized spacial score (nSPS) is 11.4. The number of para-hydroxylation sites is 2. The first-order chi connectivity index (χ1) is 17.1. The van der Waals surface area contributed by atoms with Crippen LogP contribution < -0.4 is 14.8 Å². The summed E-state index contributed by atoms with van der Waals surface area (Å²) in [4.78, 5) is 15.3. The van der Waals surface area contributed by atoms with Gasteiger partial charge in [0.25, 0.3) is 0 Å². The van der Waals surface area contributed by atoms with Gasteiger partial charge in [0.05, 0.1) is 18.8 Å². The molecular formula is C30H30N2O3. The van der Waals surface area contributed by atoms with Crippen molar-refractivity contribution in [3.63, 3.8) is 0 Å². The van der Waals surface area contributed by atoms with Crippen molar-refractivity contribution < 1.29 is 14.3 Å². The van der Waals surface area contributed by atoms with Crippen LogP contribution in [0.15, 0.2) is 109 Å². The molecule has 5 nitrogen and oxygen atoms in total. The fraction of sp³-hybridized carbons (Fsp3) is 0.167. The Hall–Kier alpha value is -4.25. The molecular weight excluding hydrogens is 436 g/mol. The highest BCUT2D eigenvalue weighted by atomic mass is 16.5. The van der Waals surface area contributed by atoms with Crippen LogP contribution in [0.5, 0.6) is 11.5 Å². The lowest BCUT2D eigenvalue weighted by Crippen LogP contribution is -2.36. The van der Waals surface area contributed by atoms with Gasteiger partial charge in [-0.05, 0) is 47.9 Å². The Balaban J connectivity index is 1.50. The molecule has 0 fully saturated rings. The average molecular weight is 467 g/mol. The molecule has 0 saturated carbocycles. The number of rotatable bonds is 9. The molecule has 1 unspecified atom stereocenters. The maximum absolute atomic E-state index is 13.5. The molecule has 4 aromatic carbocycles. The summed E-state index contributed by atoms with van der Waals surface area (Å²) < 4.78 is 11.3. The maximum atomic E-state index is 13.5. The number of ether oxygens (including phenoxy) is 2. The summed E-state index contributed by atoms with van der Waals surface area (Å²) in [6.07, 6.45) is 0. The van der Waals surface area contributed by atoms with E-state index < -0.39 is 0 Å². The van der Waals surface area contributed by atoms with E-state index in [-0.39, 0.29) is 12.1 Å². The van der Waals surface area contributed by atoms with Crippen LogP contribution in [0, 0.1) is 0 Å². The van der Waals surface area contributed by atoms with Gasteiger partial charge in [-0.3, -0.25) is 0 Å². The van der Waals surface area contributed by atoms with Gasteiger partial charge in [-0.25, -0.2) is 4.79 Å². The van der Waals surface area contributed by atoms with Crippen LogP contribution in [0.2, 0.25) is 0 Å². The first-order valence-corrected chi connectivity index (χ1v) is 11.7. The van der Waals surface area contributed by atoms with E-state index in [9.17, 15) is 4.79 Å². The first-order valence-electron chi connectivity index (χ1n) is 11.7. The number of nitrogens with one attached hydrogen (secondary N) is 1. The first kappa shape index (κ1) is 23.9. The third-order valence-electron chi connectivity index (χ3n) is 5.88. The Labute approximate surface area is 206 Å². The van der Waals surface area contributed by atoms with Gasteiger partial charge in [-0.1, -0.05) is 84.9 Å². The van der Waals surface area contributed by atoms with Crippen molar-refractivity contribution in [1.82, 2.24) is 4.90 Å². The van der Waals surface area contributed by atoms with E-state index >= 15 is 0 Å². The lowest BCUT2D eigenvalue weighted by molar-refractivity contribution is 0.189. The molecule has 0 aliphatic heterocycles. The predicted molar refractivity (Wildman–Crippen MR) is 140 cm³/mol. The molecule has 0 aromatic heterocycles. The van der Waals surface area contributed by atoms with Crippen molar-refractivity contribution in [2.75, 3.05) is 12.4 Å². The number of carbonyl (C=O) groups excluding carboxylic acids is 1. The minimum atomic E-state index is -0.199. The van der Waals surface area contributed by atoms with Crippen LogP contribution >= 0.6 is 0 Å². The van der Waals surface area contributed by atoms with Crippen molar-refractivity contribution >= 4 is 11.7 Å². The third kappa shape index (κ3) is 6.42. The minimum Gasteiger partial charge on any atom is -0.495 e. The predicted octanol–water partition coefficient (Wildman–Crippen LogP) is 7.07. The summed E-state index contributed by atoms with van der Waals surface area (Å²) >= 11 is 0. The van der Waals surface area contributed by atoms with Crippen molar-refractivity contribution in [2.45, 2.75) is 26.1 Å². The van der Waals surface area contributed by atoms with Crippen LogP contribution in [0.3, 0.4) is 0 Å². The summed E-state index contributed by atoms with van der Waals surface area (Å²) in [5, 5.41) is 3.02. The zero-order valence-electron chi connectivity index (χ0n) is 20.1. The second kappa shape index (κ2) is 11.7. The standard InChI is InChI=1S/C30H30N2O3/c1-23(26-13-7-4-8-14-26)32(30(33)31-28-15-9-10-16-29(28)34-2)21-24-17-19-27(20-18-24)35-22-25-11-5-3-6-12-25/h3-20,23H,21-22H2,1-2H3,(H,31,33). The molecule has 1 atom stereocenters. The van der Waals surface area contributed by atoms with Crippen LogP contribution in [-0.2, 0) is 13.2 Å². The number of anilines is 1. The van der Waals surface area contributed by atoms with Crippen molar-refractivity contribution in [3.05, 3.63) is 126 Å². The zero-order valence-corrected chi connectivity index (χ0v) is 20.1. The monoisotopic (exact) mass is 466 g/mol. The van der Waals surface area contributed by atoms with E-state index in [0.717, 1.165) is 22.4 Å². The summed E-state index contributed by atoms with van der Waals surface area (Å²) in [5.74, 6) is 1.41. The summed E-state index contributed by atoms with van der Waals surface area (Å²) in [7, 11) is 1.59. The number of carbonyl (C=O) groups is 1. The van der Waals surface area contributed by atoms with Crippen molar-refractivity contribution in [2.24, 2.45) is 0 Å². The number of methoxy groups -OCH3 is 1. The molecule has 0 spiro atoms. The number of benzene rings is 4. The quantitative estimate of drug-likeness (QED) is 0.287. The summed E-state index contributed by atoms with van der Waals surface area (Å²) in [5.41, 5.74) is 3.82. The molecule has 0 saturated heterocycles. The number of hydrogen-bond acceptors (Lipinski definition) is 3. The fourth-order valence-electron chi connectivity index (χ4n) is 3.86. The highest BCUT2D eigenvalue weighted by Crippen LogP contribution is 2.27. The molecule has 0 aliphatic rings. The van der Waals surface area contributed by atoms with Gasteiger partial charge in [-0.2, -0.15) is 0 Å². The summed E-state index contributed by atoms with van der Waals surface area (Å²) in [6.45, 7) is 2.99. The van der Waals surface area contributed by atoms with Crippen LogP contribution in [0.4, 0.5) is 10.5 Å².